The molecule has 1 fully saturated rings. The van der Waals surface area contributed by atoms with Crippen LogP contribution in [0.3, 0.4) is 0 Å². The van der Waals surface area contributed by atoms with Crippen molar-refractivity contribution in [3.8, 4) is 0 Å². The summed E-state index contributed by atoms with van der Waals surface area (Å²) in [6.45, 7) is 2.95. The number of anilines is 1. The monoisotopic (exact) mass is 327 g/mol. The van der Waals surface area contributed by atoms with Crippen molar-refractivity contribution in [2.24, 2.45) is 0 Å². The zero-order chi connectivity index (χ0) is 16.4. The summed E-state index contributed by atoms with van der Waals surface area (Å²) in [5.41, 5.74) is 1.87. The lowest BCUT2D eigenvalue weighted by molar-refractivity contribution is -0.121. The van der Waals surface area contributed by atoms with Crippen LogP contribution in [-0.2, 0) is 22.6 Å². The van der Waals surface area contributed by atoms with Gasteiger partial charge in [-0.25, -0.2) is 0 Å². The van der Waals surface area contributed by atoms with Crippen LogP contribution in [0.2, 0.25) is 0 Å². The van der Waals surface area contributed by atoms with Crippen LogP contribution in [-0.4, -0.2) is 35.7 Å². The predicted octanol–water partition coefficient (Wildman–Crippen LogP) is 2.52. The van der Waals surface area contributed by atoms with Crippen molar-refractivity contribution in [1.82, 2.24) is 10.1 Å². The van der Waals surface area contributed by atoms with Crippen molar-refractivity contribution < 1.29 is 14.1 Å². The molecule has 126 valence electrons. The number of hydrogen-bond donors (Lipinski definition) is 1. The predicted molar refractivity (Wildman–Crippen MR) is 88.5 cm³/mol. The fourth-order valence-corrected chi connectivity index (χ4v) is 3.47. The minimum atomic E-state index is -0.300. The van der Waals surface area contributed by atoms with E-state index in [1.807, 2.05) is 30.3 Å². The van der Waals surface area contributed by atoms with Crippen molar-refractivity contribution in [3.05, 3.63) is 47.2 Å². The maximum Gasteiger partial charge on any atom is 0.247 e. The first-order valence-corrected chi connectivity index (χ1v) is 8.48. The summed E-state index contributed by atoms with van der Waals surface area (Å²) in [6.07, 6.45) is 2.96. The van der Waals surface area contributed by atoms with Crippen molar-refractivity contribution >= 4 is 11.7 Å². The number of carbonyl (C=O) groups is 1. The van der Waals surface area contributed by atoms with Gasteiger partial charge in [-0.3, -0.25) is 9.69 Å². The lowest BCUT2D eigenvalue weighted by Gasteiger charge is -2.26. The smallest absolute Gasteiger partial charge is 0.247 e. The first kappa shape index (κ1) is 15.4. The Balaban J connectivity index is 1.58. The highest BCUT2D eigenvalue weighted by Crippen LogP contribution is 2.29. The third-order valence-corrected chi connectivity index (χ3v) is 4.70. The minimum absolute atomic E-state index is 0.0650. The van der Waals surface area contributed by atoms with Gasteiger partial charge in [0.05, 0.1) is 18.8 Å². The lowest BCUT2D eigenvalue weighted by atomic mass is 10.0. The molecule has 2 aromatic rings. The van der Waals surface area contributed by atoms with Gasteiger partial charge < -0.3 is 14.6 Å². The van der Waals surface area contributed by atoms with Gasteiger partial charge in [0.15, 0.2) is 5.82 Å². The summed E-state index contributed by atoms with van der Waals surface area (Å²) in [7, 11) is 0. The summed E-state index contributed by atoms with van der Waals surface area (Å²) in [5, 5.41) is 7.00. The molecule has 6 heteroatoms. The van der Waals surface area contributed by atoms with Crippen molar-refractivity contribution in [2.45, 2.75) is 31.9 Å². The number of amides is 1. The van der Waals surface area contributed by atoms with Gasteiger partial charge >= 0.3 is 0 Å². The lowest BCUT2D eigenvalue weighted by Crippen LogP contribution is -2.35. The first-order valence-electron chi connectivity index (χ1n) is 8.48. The van der Waals surface area contributed by atoms with Gasteiger partial charge in [-0.2, -0.15) is 0 Å². The van der Waals surface area contributed by atoms with E-state index in [0.29, 0.717) is 25.5 Å². The highest BCUT2D eigenvalue weighted by molar-refractivity contribution is 5.95. The van der Waals surface area contributed by atoms with Crippen LogP contribution in [0.5, 0.6) is 0 Å². The van der Waals surface area contributed by atoms with E-state index in [4.69, 9.17) is 9.26 Å². The van der Waals surface area contributed by atoms with Crippen molar-refractivity contribution in [3.63, 3.8) is 0 Å². The third-order valence-electron chi connectivity index (χ3n) is 4.70. The normalized spacial score (nSPS) is 19.0. The molecule has 6 nitrogen and oxygen atoms in total. The first-order chi connectivity index (χ1) is 11.8. The molecule has 1 atom stereocenters. The number of fused-ring (bicyclic) bond motifs is 1. The zero-order valence-electron chi connectivity index (χ0n) is 13.5. The van der Waals surface area contributed by atoms with Crippen LogP contribution >= 0.6 is 0 Å². The maximum absolute atomic E-state index is 13.0. The Kier molecular flexibility index (Phi) is 4.32. The fourth-order valence-electron chi connectivity index (χ4n) is 3.47. The van der Waals surface area contributed by atoms with Gasteiger partial charge in [0, 0.05) is 6.42 Å². The molecule has 1 aromatic heterocycles. The van der Waals surface area contributed by atoms with Crippen LogP contribution < -0.4 is 5.32 Å². The van der Waals surface area contributed by atoms with E-state index in [-0.39, 0.29) is 11.9 Å². The molecule has 1 amide bonds. The van der Waals surface area contributed by atoms with E-state index in [9.17, 15) is 4.79 Å². The number of rotatable bonds is 4. The number of likely N-dealkylation sites (tertiary alicyclic amines) is 1. The van der Waals surface area contributed by atoms with Crippen molar-refractivity contribution in [1.29, 1.82) is 0 Å². The number of ether oxygens (including phenoxy) is 1. The number of nitrogens with zero attached hydrogens (tertiary/aromatic N) is 2. The molecule has 1 saturated heterocycles. The van der Waals surface area contributed by atoms with E-state index in [0.717, 1.165) is 42.8 Å². The molecular weight excluding hydrogens is 306 g/mol. The molecule has 3 heterocycles. The average Bonchev–Trinajstić information content (AvgIpc) is 3.27. The van der Waals surface area contributed by atoms with E-state index >= 15 is 0 Å². The number of aromatic nitrogens is 1. The number of nitrogens with one attached hydrogen (secondary N) is 1. The molecule has 1 unspecified atom stereocenters. The molecule has 0 bridgehead atoms. The molecule has 0 spiro atoms. The molecule has 4 rings (SSSR count). The maximum atomic E-state index is 13.0. The van der Waals surface area contributed by atoms with Crippen LogP contribution in [0, 0.1) is 0 Å². The van der Waals surface area contributed by atoms with Gasteiger partial charge in [0.2, 0.25) is 5.91 Å². The molecule has 0 saturated carbocycles. The van der Waals surface area contributed by atoms with Gasteiger partial charge in [-0.05, 0) is 31.5 Å². The molecule has 0 radical (unpaired) electrons. The number of benzene rings is 1. The molecule has 1 aromatic carbocycles. The number of hydrogen-bond acceptors (Lipinski definition) is 5. The Bertz CT molecular complexity index is 708. The molecule has 0 aliphatic carbocycles. The van der Waals surface area contributed by atoms with E-state index < -0.39 is 0 Å². The average molecular weight is 327 g/mol. The second-order valence-corrected chi connectivity index (χ2v) is 6.28. The Labute approximate surface area is 140 Å². The SMILES string of the molecule is O=C(Nc1noc2c1COCC2)C(c1ccccc1)N1CCCC1. The minimum Gasteiger partial charge on any atom is -0.376 e. The molecule has 2 aliphatic heterocycles. The Hall–Kier alpha value is -2.18. The van der Waals surface area contributed by atoms with E-state index in [2.05, 4.69) is 15.4 Å². The molecule has 1 N–H and O–H groups in total. The fraction of sp³-hybridized carbons (Fsp3) is 0.444. The van der Waals surface area contributed by atoms with Gasteiger partial charge in [0.25, 0.3) is 0 Å². The Morgan fingerprint density at radius 2 is 2.00 bits per heavy atom. The van der Waals surface area contributed by atoms with Gasteiger partial charge in [-0.15, -0.1) is 0 Å². The molecular formula is C18H21N3O3. The van der Waals surface area contributed by atoms with Crippen LogP contribution in [0.25, 0.3) is 0 Å². The van der Waals surface area contributed by atoms with Crippen LogP contribution in [0.4, 0.5) is 5.82 Å². The standard InChI is InChI=1S/C18H21N3O3/c22-18(19-17-14-12-23-11-8-15(14)24-20-17)16(21-9-4-5-10-21)13-6-2-1-3-7-13/h1-3,6-7,16H,4-5,8-12H2,(H,19,20,22). The van der Waals surface area contributed by atoms with Gasteiger partial charge in [-0.1, -0.05) is 35.5 Å². The zero-order valence-corrected chi connectivity index (χ0v) is 13.5. The van der Waals surface area contributed by atoms with Crippen LogP contribution in [0.1, 0.15) is 35.8 Å². The van der Waals surface area contributed by atoms with Gasteiger partial charge in [0.1, 0.15) is 11.8 Å². The number of carbonyl (C=O) groups excluding carboxylic acids is 1. The molecule has 24 heavy (non-hydrogen) atoms. The third kappa shape index (κ3) is 2.95. The van der Waals surface area contributed by atoms with E-state index in [1.165, 1.54) is 0 Å². The van der Waals surface area contributed by atoms with Crippen LogP contribution in [0.15, 0.2) is 34.9 Å². The largest absolute Gasteiger partial charge is 0.376 e. The summed E-state index contributed by atoms with van der Waals surface area (Å²) < 4.78 is 10.8. The summed E-state index contributed by atoms with van der Waals surface area (Å²) >= 11 is 0. The summed E-state index contributed by atoms with van der Waals surface area (Å²) in [6, 6.07) is 9.61. The summed E-state index contributed by atoms with van der Waals surface area (Å²) in [4.78, 5) is 15.2. The topological polar surface area (TPSA) is 67.6 Å². The Morgan fingerprint density at radius 3 is 2.79 bits per heavy atom. The molecule has 2 aliphatic rings. The van der Waals surface area contributed by atoms with E-state index in [1.54, 1.807) is 0 Å². The second kappa shape index (κ2) is 6.75. The highest BCUT2D eigenvalue weighted by Gasteiger charge is 2.31. The Morgan fingerprint density at radius 1 is 1.21 bits per heavy atom. The quantitative estimate of drug-likeness (QED) is 0.934. The van der Waals surface area contributed by atoms with Crippen molar-refractivity contribution in [2.75, 3.05) is 25.0 Å². The highest BCUT2D eigenvalue weighted by atomic mass is 16.5. The second-order valence-electron chi connectivity index (χ2n) is 6.28. The summed E-state index contributed by atoms with van der Waals surface area (Å²) in [5.74, 6) is 1.24.